The van der Waals surface area contributed by atoms with E-state index in [1.165, 1.54) is 44.9 Å². The van der Waals surface area contributed by atoms with Gasteiger partial charge in [0.1, 0.15) is 4.58 Å². The van der Waals surface area contributed by atoms with Crippen molar-refractivity contribution in [2.45, 2.75) is 95.5 Å². The highest BCUT2D eigenvalue weighted by molar-refractivity contribution is 8.18. The predicted octanol–water partition coefficient (Wildman–Crippen LogP) is 5.63. The van der Waals surface area contributed by atoms with Gasteiger partial charge in [-0.05, 0) is 63.1 Å². The second-order valence-corrected chi connectivity index (χ2v) is 9.97. The Kier molecular flexibility index (Phi) is 23.4. The van der Waals surface area contributed by atoms with E-state index >= 15 is 0 Å². The van der Waals surface area contributed by atoms with E-state index in [4.69, 9.17) is 9.84 Å². The average molecular weight is 436 g/mol. The van der Waals surface area contributed by atoms with Crippen LogP contribution in [0.2, 0.25) is 0 Å². The first-order valence-electron chi connectivity index (χ1n) is 11.5. The quantitative estimate of drug-likeness (QED) is 0.131. The van der Waals surface area contributed by atoms with Gasteiger partial charge >= 0.3 is 5.97 Å². The Hall–Kier alpha value is 0.0900. The number of nitrogens with one attached hydrogen (secondary N) is 1. The van der Waals surface area contributed by atoms with Crippen molar-refractivity contribution in [3.8, 4) is 0 Å². The highest BCUT2D eigenvalue weighted by atomic mass is 32.2. The minimum atomic E-state index is -0.0446. The number of aliphatic hydroxyl groups is 1. The van der Waals surface area contributed by atoms with Crippen molar-refractivity contribution < 1.29 is 14.6 Å². The number of unbranched alkanes of at least 4 members (excludes halogenated alkanes) is 8. The number of ether oxygens (including phenoxy) is 1. The third kappa shape index (κ3) is 19.4. The summed E-state index contributed by atoms with van der Waals surface area (Å²) in [6, 6.07) is 0. The number of rotatable bonds is 22. The molecule has 6 heteroatoms. The Labute approximate surface area is 182 Å². The van der Waals surface area contributed by atoms with Gasteiger partial charge in [0.25, 0.3) is 0 Å². The number of hydrogen-bond acceptors (Lipinski definition) is 6. The normalized spacial score (nSPS) is 11.3. The van der Waals surface area contributed by atoms with Gasteiger partial charge in [-0.15, -0.1) is 23.5 Å². The summed E-state index contributed by atoms with van der Waals surface area (Å²) in [6.07, 6.45) is 13.6. The van der Waals surface area contributed by atoms with Gasteiger partial charge < -0.3 is 15.2 Å². The Morgan fingerprint density at radius 3 is 1.96 bits per heavy atom. The number of aliphatic hydroxyl groups excluding tert-OH is 1. The monoisotopic (exact) mass is 435 g/mol. The van der Waals surface area contributed by atoms with Crippen molar-refractivity contribution >= 4 is 29.5 Å². The van der Waals surface area contributed by atoms with E-state index in [1.54, 1.807) is 23.5 Å². The molecule has 0 radical (unpaired) electrons. The first-order valence-corrected chi connectivity index (χ1v) is 13.6. The molecule has 0 saturated heterocycles. The van der Waals surface area contributed by atoms with Crippen molar-refractivity contribution in [1.82, 2.24) is 5.32 Å². The van der Waals surface area contributed by atoms with Crippen LogP contribution in [0.15, 0.2) is 0 Å². The van der Waals surface area contributed by atoms with E-state index in [1.807, 2.05) is 0 Å². The molecule has 0 atom stereocenters. The zero-order valence-electron chi connectivity index (χ0n) is 18.4. The third-order valence-corrected chi connectivity index (χ3v) is 7.34. The van der Waals surface area contributed by atoms with E-state index in [0.717, 1.165) is 56.7 Å². The molecule has 2 N–H and O–H groups in total. The maximum atomic E-state index is 12.4. The molecule has 0 rings (SSSR count). The fourth-order valence-electron chi connectivity index (χ4n) is 2.70. The standard InChI is InChI=1S/C22H45NO3S2/c1-3-5-13-19-27-22(28-20-14-6-4-2)21(25)26-18-12-8-7-9-15-23-16-10-11-17-24/h22-24H,3-20H2,1-2H3. The Morgan fingerprint density at radius 2 is 1.39 bits per heavy atom. The molecule has 0 heterocycles. The zero-order chi connectivity index (χ0) is 20.7. The van der Waals surface area contributed by atoms with Crippen molar-refractivity contribution in [3.05, 3.63) is 0 Å². The molecule has 0 bridgehead atoms. The number of thioether (sulfide) groups is 2. The van der Waals surface area contributed by atoms with Crippen LogP contribution >= 0.6 is 23.5 Å². The van der Waals surface area contributed by atoms with Crippen molar-refractivity contribution in [3.63, 3.8) is 0 Å². The Morgan fingerprint density at radius 1 is 0.821 bits per heavy atom. The molecule has 28 heavy (non-hydrogen) atoms. The van der Waals surface area contributed by atoms with Crippen LogP contribution in [0.25, 0.3) is 0 Å². The van der Waals surface area contributed by atoms with Crippen LogP contribution in [-0.4, -0.2) is 53.5 Å². The molecule has 0 amide bonds. The smallest absolute Gasteiger partial charge is 0.329 e. The lowest BCUT2D eigenvalue weighted by molar-refractivity contribution is -0.141. The lowest BCUT2D eigenvalue weighted by atomic mass is 10.2. The van der Waals surface area contributed by atoms with Gasteiger partial charge in [0.15, 0.2) is 0 Å². The van der Waals surface area contributed by atoms with Crippen molar-refractivity contribution in [2.24, 2.45) is 0 Å². The van der Waals surface area contributed by atoms with Gasteiger partial charge in [0.05, 0.1) is 6.61 Å². The summed E-state index contributed by atoms with van der Waals surface area (Å²) >= 11 is 3.55. The summed E-state index contributed by atoms with van der Waals surface area (Å²) in [5.41, 5.74) is 0. The second kappa shape index (κ2) is 23.4. The van der Waals surface area contributed by atoms with Crippen LogP contribution in [-0.2, 0) is 9.53 Å². The van der Waals surface area contributed by atoms with Gasteiger partial charge in [0, 0.05) is 6.61 Å². The topological polar surface area (TPSA) is 58.6 Å². The van der Waals surface area contributed by atoms with Crippen LogP contribution in [0.1, 0.15) is 90.9 Å². The summed E-state index contributed by atoms with van der Waals surface area (Å²) in [4.78, 5) is 12.4. The third-order valence-electron chi connectivity index (χ3n) is 4.48. The molecule has 0 aromatic rings. The van der Waals surface area contributed by atoms with Gasteiger partial charge in [-0.2, -0.15) is 0 Å². The van der Waals surface area contributed by atoms with Crippen molar-refractivity contribution in [1.29, 1.82) is 0 Å². The Balaban J connectivity index is 3.77. The van der Waals surface area contributed by atoms with E-state index in [-0.39, 0.29) is 17.2 Å². The fourth-order valence-corrected chi connectivity index (χ4v) is 5.24. The van der Waals surface area contributed by atoms with Gasteiger partial charge in [-0.3, -0.25) is 0 Å². The maximum Gasteiger partial charge on any atom is 0.329 e. The second-order valence-electron chi connectivity index (χ2n) is 7.25. The highest BCUT2D eigenvalue weighted by Crippen LogP contribution is 2.27. The van der Waals surface area contributed by atoms with E-state index in [0.29, 0.717) is 6.61 Å². The van der Waals surface area contributed by atoms with Crippen LogP contribution < -0.4 is 5.32 Å². The molecule has 4 nitrogen and oxygen atoms in total. The highest BCUT2D eigenvalue weighted by Gasteiger charge is 2.20. The minimum Gasteiger partial charge on any atom is -0.464 e. The molecule has 0 aliphatic carbocycles. The number of carbonyl (C=O) groups is 1. The molecule has 0 aromatic heterocycles. The molecule has 0 unspecified atom stereocenters. The summed E-state index contributed by atoms with van der Waals surface area (Å²) in [7, 11) is 0. The van der Waals surface area contributed by atoms with Gasteiger partial charge in [-0.1, -0.05) is 52.4 Å². The van der Waals surface area contributed by atoms with Crippen LogP contribution in [0.5, 0.6) is 0 Å². The van der Waals surface area contributed by atoms with Crippen LogP contribution in [0, 0.1) is 0 Å². The molecule has 0 saturated carbocycles. The van der Waals surface area contributed by atoms with Gasteiger partial charge in [0.2, 0.25) is 0 Å². The fraction of sp³-hybridized carbons (Fsp3) is 0.955. The molecule has 0 aliphatic rings. The van der Waals surface area contributed by atoms with Crippen LogP contribution in [0.3, 0.4) is 0 Å². The largest absolute Gasteiger partial charge is 0.464 e. The van der Waals surface area contributed by atoms with Crippen molar-refractivity contribution in [2.75, 3.05) is 37.8 Å². The number of esters is 1. The minimum absolute atomic E-state index is 0.0199. The molecule has 0 spiro atoms. The van der Waals surface area contributed by atoms with Crippen LogP contribution in [0.4, 0.5) is 0 Å². The summed E-state index contributed by atoms with van der Waals surface area (Å²) in [5, 5.41) is 12.1. The lowest BCUT2D eigenvalue weighted by Gasteiger charge is -2.15. The molecule has 168 valence electrons. The Bertz CT molecular complexity index is 321. The van der Waals surface area contributed by atoms with E-state index < -0.39 is 0 Å². The molecular weight excluding hydrogens is 390 g/mol. The van der Waals surface area contributed by atoms with E-state index in [2.05, 4.69) is 19.2 Å². The average Bonchev–Trinajstić information content (AvgIpc) is 2.70. The van der Waals surface area contributed by atoms with Gasteiger partial charge in [-0.25, -0.2) is 4.79 Å². The molecule has 0 fully saturated rings. The summed E-state index contributed by atoms with van der Waals surface area (Å²) in [6.45, 7) is 7.30. The predicted molar refractivity (Wildman–Crippen MR) is 126 cm³/mol. The first kappa shape index (κ1) is 28.1. The number of hydrogen-bond donors (Lipinski definition) is 2. The zero-order valence-corrected chi connectivity index (χ0v) is 20.0. The first-order chi connectivity index (χ1) is 13.8. The SMILES string of the molecule is CCCCCSC(SCCCCC)C(=O)OCCCCCCNCCCCO. The maximum absolute atomic E-state index is 12.4. The molecule has 0 aromatic carbocycles. The number of carbonyl (C=O) groups excluding carboxylic acids is 1. The van der Waals surface area contributed by atoms with E-state index in [9.17, 15) is 4.79 Å². The lowest BCUT2D eigenvalue weighted by Crippen LogP contribution is -2.19. The molecular formula is C22H45NO3S2. The molecule has 0 aliphatic heterocycles. The summed E-state index contributed by atoms with van der Waals surface area (Å²) in [5.74, 6) is 2.09. The summed E-state index contributed by atoms with van der Waals surface area (Å²) < 4.78 is 5.53.